The number of nitrogens with one attached hydrogen (secondary N) is 1. The molecule has 0 aromatic heterocycles. The third-order valence-electron chi connectivity index (χ3n) is 7.20. The Bertz CT molecular complexity index is 1080. The van der Waals surface area contributed by atoms with Crippen molar-refractivity contribution < 1.29 is 28.0 Å². The van der Waals surface area contributed by atoms with Gasteiger partial charge in [0.25, 0.3) is 5.92 Å². The number of nitrogens with zero attached hydrogens (tertiary/aromatic N) is 3. The second-order valence-corrected chi connectivity index (χ2v) is 9.77. The largest absolute Gasteiger partial charge is 0.351 e. The van der Waals surface area contributed by atoms with Crippen molar-refractivity contribution in [1.82, 2.24) is 15.1 Å². The Morgan fingerprint density at radius 3 is 2.31 bits per heavy atom. The number of likely N-dealkylation sites (tertiary alicyclic amines) is 2. The van der Waals surface area contributed by atoms with Crippen molar-refractivity contribution in [3.8, 4) is 6.07 Å². The van der Waals surface area contributed by atoms with Crippen LogP contribution in [0.2, 0.25) is 0 Å². The molecule has 3 N–H and O–H groups in total. The van der Waals surface area contributed by atoms with E-state index in [9.17, 15) is 24.4 Å². The molecule has 2 saturated heterocycles. The molecule has 11 heteroatoms. The fraction of sp³-hybridized carbons (Fsp3) is 0.542. The van der Waals surface area contributed by atoms with Crippen LogP contribution < -0.4 is 11.1 Å². The first-order valence-electron chi connectivity index (χ1n) is 11.6. The van der Waals surface area contributed by atoms with Crippen molar-refractivity contribution in [2.24, 2.45) is 11.1 Å². The van der Waals surface area contributed by atoms with Gasteiger partial charge in [0.05, 0.1) is 11.5 Å². The van der Waals surface area contributed by atoms with Crippen LogP contribution in [0, 0.1) is 16.7 Å². The van der Waals surface area contributed by atoms with Gasteiger partial charge in [0, 0.05) is 32.4 Å². The number of alkyl halides is 2. The van der Waals surface area contributed by atoms with E-state index in [4.69, 9.17) is 5.73 Å². The number of rotatable bonds is 7. The molecule has 1 aromatic rings. The molecule has 1 saturated carbocycles. The third-order valence-corrected chi connectivity index (χ3v) is 7.20. The van der Waals surface area contributed by atoms with E-state index in [1.807, 2.05) is 6.07 Å². The number of piperidine rings is 1. The van der Waals surface area contributed by atoms with E-state index in [1.54, 1.807) is 18.2 Å². The highest BCUT2D eigenvalue weighted by Gasteiger charge is 2.57. The second-order valence-electron chi connectivity index (χ2n) is 9.77. The predicted molar refractivity (Wildman–Crippen MR) is 119 cm³/mol. The van der Waals surface area contributed by atoms with Crippen LogP contribution in [0.3, 0.4) is 0 Å². The Balaban J connectivity index is 1.58. The van der Waals surface area contributed by atoms with E-state index in [2.05, 4.69) is 5.32 Å². The first-order valence-corrected chi connectivity index (χ1v) is 11.6. The van der Waals surface area contributed by atoms with Gasteiger partial charge in [-0.15, -0.1) is 0 Å². The van der Waals surface area contributed by atoms with E-state index in [1.165, 1.54) is 17.0 Å². The van der Waals surface area contributed by atoms with Crippen molar-refractivity contribution in [2.75, 3.05) is 13.1 Å². The molecule has 35 heavy (non-hydrogen) atoms. The summed E-state index contributed by atoms with van der Waals surface area (Å²) in [6.45, 7) is 0.307. The number of hydrogen-bond donors (Lipinski definition) is 2. The lowest BCUT2D eigenvalue weighted by molar-refractivity contribution is -0.153. The molecule has 4 rings (SSSR count). The minimum Gasteiger partial charge on any atom is -0.351 e. The van der Waals surface area contributed by atoms with Crippen LogP contribution in [0.25, 0.3) is 0 Å². The highest BCUT2D eigenvalue weighted by Crippen LogP contribution is 2.44. The molecule has 3 fully saturated rings. The number of amides is 5. The average Bonchev–Trinajstić information content (AvgIpc) is 3.54. The predicted octanol–water partition coefficient (Wildman–Crippen LogP) is 1.72. The van der Waals surface area contributed by atoms with Gasteiger partial charge in [0.15, 0.2) is 0 Å². The van der Waals surface area contributed by atoms with Crippen LogP contribution in [-0.2, 0) is 20.8 Å². The second kappa shape index (κ2) is 8.91. The first kappa shape index (κ1) is 24.6. The number of carbonyl (C=O) groups excluding carboxylic acids is 4. The molecule has 1 atom stereocenters. The van der Waals surface area contributed by atoms with Gasteiger partial charge in [-0.25, -0.2) is 13.6 Å². The lowest BCUT2D eigenvalue weighted by atomic mass is 9.77. The summed E-state index contributed by atoms with van der Waals surface area (Å²) >= 11 is 0. The van der Waals surface area contributed by atoms with Crippen LogP contribution in [0.15, 0.2) is 30.3 Å². The van der Waals surface area contributed by atoms with Crippen LogP contribution in [0.4, 0.5) is 13.6 Å². The molecule has 5 amide bonds. The molecule has 1 aliphatic carbocycles. The third kappa shape index (κ3) is 4.97. The Morgan fingerprint density at radius 2 is 1.77 bits per heavy atom. The highest BCUT2D eigenvalue weighted by molar-refractivity contribution is 6.09. The van der Waals surface area contributed by atoms with Crippen LogP contribution in [0.5, 0.6) is 0 Å². The summed E-state index contributed by atoms with van der Waals surface area (Å²) in [6.07, 6.45) is -0.919. The van der Waals surface area contributed by atoms with Crippen molar-refractivity contribution in [1.29, 1.82) is 5.26 Å². The molecular formula is C24H27F2N5O4. The SMILES string of the molecule is N#CC1(NC(=O)[C@H](CC(F)(F)Cc2ccccc2)N2C(=O)CC3(CCN(C(N)=O)CC3)C2=O)CC1. The fourth-order valence-electron chi connectivity index (χ4n) is 4.94. The Kier molecular flexibility index (Phi) is 6.25. The number of carbonyl (C=O) groups is 4. The summed E-state index contributed by atoms with van der Waals surface area (Å²) < 4.78 is 30.4. The molecule has 186 valence electrons. The topological polar surface area (TPSA) is 137 Å². The van der Waals surface area contributed by atoms with E-state index in [0.717, 1.165) is 0 Å². The van der Waals surface area contributed by atoms with Crippen LogP contribution >= 0.6 is 0 Å². The molecule has 9 nitrogen and oxygen atoms in total. The fourth-order valence-corrected chi connectivity index (χ4v) is 4.94. The number of hydrogen-bond acceptors (Lipinski definition) is 5. The summed E-state index contributed by atoms with van der Waals surface area (Å²) in [5.41, 5.74) is 3.34. The molecule has 0 radical (unpaired) electrons. The van der Waals surface area contributed by atoms with E-state index < -0.39 is 59.5 Å². The van der Waals surface area contributed by atoms with Gasteiger partial charge in [-0.2, -0.15) is 5.26 Å². The zero-order valence-electron chi connectivity index (χ0n) is 19.1. The van der Waals surface area contributed by atoms with Gasteiger partial charge in [0.2, 0.25) is 17.7 Å². The number of nitrogens with two attached hydrogens (primary N) is 1. The normalized spacial score (nSPS) is 21.5. The van der Waals surface area contributed by atoms with Gasteiger partial charge in [-0.1, -0.05) is 30.3 Å². The zero-order chi connectivity index (χ0) is 25.4. The van der Waals surface area contributed by atoms with Gasteiger partial charge in [0.1, 0.15) is 11.6 Å². The van der Waals surface area contributed by atoms with Gasteiger partial charge in [-0.3, -0.25) is 19.3 Å². The number of imide groups is 1. The number of urea groups is 1. The molecule has 2 heterocycles. The average molecular weight is 488 g/mol. The van der Waals surface area contributed by atoms with Crippen molar-refractivity contribution >= 4 is 23.8 Å². The molecule has 0 bridgehead atoms. The van der Waals surface area contributed by atoms with E-state index in [-0.39, 0.29) is 32.4 Å². The minimum absolute atomic E-state index is 0.147. The maximum Gasteiger partial charge on any atom is 0.314 e. The molecule has 2 aliphatic heterocycles. The van der Waals surface area contributed by atoms with E-state index >= 15 is 8.78 Å². The van der Waals surface area contributed by atoms with Gasteiger partial charge in [-0.05, 0) is 31.2 Å². The van der Waals surface area contributed by atoms with Crippen LogP contribution in [-0.4, -0.2) is 64.1 Å². The monoisotopic (exact) mass is 487 g/mol. The van der Waals surface area contributed by atoms with E-state index in [0.29, 0.717) is 23.3 Å². The highest BCUT2D eigenvalue weighted by atomic mass is 19.3. The van der Waals surface area contributed by atoms with Gasteiger partial charge >= 0.3 is 6.03 Å². The molecule has 1 aromatic carbocycles. The Morgan fingerprint density at radius 1 is 1.14 bits per heavy atom. The summed E-state index contributed by atoms with van der Waals surface area (Å²) in [6, 6.07) is 7.57. The Hall–Kier alpha value is -3.55. The summed E-state index contributed by atoms with van der Waals surface area (Å²) in [5.74, 6) is -5.74. The summed E-state index contributed by atoms with van der Waals surface area (Å²) in [7, 11) is 0. The lowest BCUT2D eigenvalue weighted by Gasteiger charge is -2.37. The van der Waals surface area contributed by atoms with Gasteiger partial charge < -0.3 is 16.0 Å². The van der Waals surface area contributed by atoms with Crippen molar-refractivity contribution in [3.05, 3.63) is 35.9 Å². The van der Waals surface area contributed by atoms with Crippen molar-refractivity contribution in [3.63, 3.8) is 0 Å². The number of benzene rings is 1. The maximum absolute atomic E-state index is 15.2. The summed E-state index contributed by atoms with van der Waals surface area (Å²) in [5, 5.41) is 11.8. The first-order chi connectivity index (χ1) is 16.5. The number of primary amides is 1. The zero-order valence-corrected chi connectivity index (χ0v) is 19.1. The standard InChI is InChI=1S/C24H27F2N5O4/c25-24(26,12-16-4-2-1-3-5-16)13-17(19(33)29-23(15-27)6-7-23)31-18(32)14-22(20(31)34)8-10-30(11-9-22)21(28)35/h1-5,17H,6-14H2,(H2,28,35)(H,29,33)/t17-/m0/s1. The quantitative estimate of drug-likeness (QED) is 0.565. The van der Waals surface area contributed by atoms with Crippen LogP contribution in [0.1, 0.15) is 44.1 Å². The molecular weight excluding hydrogens is 460 g/mol. The molecule has 3 aliphatic rings. The Labute approximate surface area is 201 Å². The lowest BCUT2D eigenvalue weighted by Crippen LogP contribution is -2.56. The van der Waals surface area contributed by atoms with Crippen molar-refractivity contribution in [2.45, 2.75) is 62.4 Å². The number of halogens is 2. The molecule has 1 spiro atoms. The maximum atomic E-state index is 15.2. The minimum atomic E-state index is -3.40. The molecule has 0 unspecified atom stereocenters. The number of nitriles is 1. The smallest absolute Gasteiger partial charge is 0.314 e. The summed E-state index contributed by atoms with van der Waals surface area (Å²) in [4.78, 5) is 53.2.